The van der Waals surface area contributed by atoms with Crippen LogP contribution in [0.5, 0.6) is 5.75 Å². The molecule has 2 N–H and O–H groups in total. The number of carbonyl (C=O) groups excluding carboxylic acids is 1. The second-order valence-corrected chi connectivity index (χ2v) is 7.13. The average molecular weight is 452 g/mol. The van der Waals surface area contributed by atoms with Gasteiger partial charge in [0.1, 0.15) is 5.52 Å². The second kappa shape index (κ2) is 9.81. The zero-order valence-corrected chi connectivity index (χ0v) is 17.7. The Morgan fingerprint density at radius 3 is 2.72 bits per heavy atom. The number of alkyl halides is 3. The number of methoxy groups -OCH3 is 1. The molecule has 0 radical (unpaired) electrons. The second-order valence-electron chi connectivity index (χ2n) is 7.13. The summed E-state index contributed by atoms with van der Waals surface area (Å²) >= 11 is 0. The Labute approximate surface area is 182 Å². The molecule has 0 aliphatic carbocycles. The van der Waals surface area contributed by atoms with Crippen LogP contribution in [0.2, 0.25) is 0 Å². The number of carbonyl (C=O) groups is 1. The Morgan fingerprint density at radius 1 is 1.25 bits per heavy atom. The minimum absolute atomic E-state index is 0.0153. The smallest absolute Gasteiger partial charge is 0.404 e. The molecule has 3 rings (SSSR count). The molecule has 0 unspecified atom stereocenters. The van der Waals surface area contributed by atoms with Crippen molar-refractivity contribution in [1.29, 1.82) is 0 Å². The lowest BCUT2D eigenvalue weighted by Gasteiger charge is -2.15. The number of nitrogens with one attached hydrogen (secondary N) is 2. The summed E-state index contributed by atoms with van der Waals surface area (Å²) in [6.45, 7) is 4.67. The van der Waals surface area contributed by atoms with E-state index in [1.54, 1.807) is 6.33 Å². The van der Waals surface area contributed by atoms with E-state index in [-0.39, 0.29) is 23.2 Å². The molecule has 2 aromatic heterocycles. The third-order valence-electron chi connectivity index (χ3n) is 4.40. The molecular weight excluding hydrogens is 429 g/mol. The van der Waals surface area contributed by atoms with Crippen LogP contribution in [0.3, 0.4) is 0 Å². The predicted molar refractivity (Wildman–Crippen MR) is 111 cm³/mol. The molecule has 32 heavy (non-hydrogen) atoms. The molecule has 1 aromatic carbocycles. The van der Waals surface area contributed by atoms with Crippen molar-refractivity contribution in [2.75, 3.05) is 25.6 Å². The van der Waals surface area contributed by atoms with Gasteiger partial charge in [0.25, 0.3) is 5.91 Å². The summed E-state index contributed by atoms with van der Waals surface area (Å²) in [5.41, 5.74) is 1.05. The number of halogens is 3. The van der Waals surface area contributed by atoms with Gasteiger partial charge in [-0.05, 0) is 38.5 Å². The SMILES string of the molecule is COCCCNC(=O)c1ccc(Nc2ncc3ncn(C(C)C)c3n2)c(OC(F)(F)F)c1. The minimum Gasteiger partial charge on any atom is -0.404 e. The summed E-state index contributed by atoms with van der Waals surface area (Å²) < 4.78 is 49.8. The molecule has 0 saturated carbocycles. The maximum absolute atomic E-state index is 13.0. The lowest BCUT2D eigenvalue weighted by Crippen LogP contribution is -2.25. The molecule has 0 atom stereocenters. The van der Waals surface area contributed by atoms with Crippen LogP contribution in [-0.2, 0) is 4.74 Å². The number of aromatic nitrogens is 4. The van der Waals surface area contributed by atoms with E-state index in [2.05, 4.69) is 30.3 Å². The van der Waals surface area contributed by atoms with E-state index in [9.17, 15) is 18.0 Å². The van der Waals surface area contributed by atoms with Crippen molar-refractivity contribution >= 4 is 28.7 Å². The highest BCUT2D eigenvalue weighted by molar-refractivity contribution is 5.95. The predicted octanol–water partition coefficient (Wildman–Crippen LogP) is 3.82. The highest BCUT2D eigenvalue weighted by atomic mass is 19.4. The molecule has 2 heterocycles. The number of amides is 1. The van der Waals surface area contributed by atoms with E-state index in [0.29, 0.717) is 30.7 Å². The number of imidazole rings is 1. The van der Waals surface area contributed by atoms with Gasteiger partial charge in [-0.1, -0.05) is 0 Å². The Bertz CT molecular complexity index is 1080. The highest BCUT2D eigenvalue weighted by Crippen LogP contribution is 2.33. The van der Waals surface area contributed by atoms with E-state index < -0.39 is 18.0 Å². The molecule has 0 saturated heterocycles. The van der Waals surface area contributed by atoms with Crippen LogP contribution in [0.4, 0.5) is 24.8 Å². The first-order valence-corrected chi connectivity index (χ1v) is 9.81. The monoisotopic (exact) mass is 452 g/mol. The lowest BCUT2D eigenvalue weighted by atomic mass is 10.1. The number of nitrogens with zero attached hydrogens (tertiary/aromatic N) is 4. The molecule has 12 heteroatoms. The zero-order chi connectivity index (χ0) is 23.3. The number of hydrogen-bond acceptors (Lipinski definition) is 7. The first kappa shape index (κ1) is 23.3. The van der Waals surface area contributed by atoms with E-state index in [0.717, 1.165) is 6.07 Å². The van der Waals surface area contributed by atoms with Gasteiger partial charge in [0.05, 0.1) is 18.2 Å². The Balaban J connectivity index is 1.87. The fourth-order valence-electron chi connectivity index (χ4n) is 2.88. The third kappa shape index (κ3) is 5.84. The normalized spacial score (nSPS) is 11.7. The van der Waals surface area contributed by atoms with Gasteiger partial charge in [0.2, 0.25) is 5.95 Å². The molecule has 0 aliphatic rings. The van der Waals surface area contributed by atoms with Crippen molar-refractivity contribution in [1.82, 2.24) is 24.8 Å². The van der Waals surface area contributed by atoms with Crippen molar-refractivity contribution in [2.24, 2.45) is 0 Å². The summed E-state index contributed by atoms with van der Waals surface area (Å²) in [5.74, 6) is -1.05. The van der Waals surface area contributed by atoms with Crippen LogP contribution in [-0.4, -0.2) is 52.1 Å². The standard InChI is InChI=1S/C20H23F3N6O3/c1-12(2)29-11-26-15-10-25-19(28-17(15)29)27-14-6-5-13(9-16(14)32-20(21,22)23)18(30)24-7-4-8-31-3/h5-6,9-12H,4,7-8H2,1-3H3,(H,24,30)(H,25,27,28). The van der Waals surface area contributed by atoms with Crippen LogP contribution < -0.4 is 15.4 Å². The van der Waals surface area contributed by atoms with Crippen molar-refractivity contribution in [3.63, 3.8) is 0 Å². The van der Waals surface area contributed by atoms with Gasteiger partial charge < -0.3 is 24.7 Å². The quantitative estimate of drug-likeness (QED) is 0.476. The van der Waals surface area contributed by atoms with Crippen molar-refractivity contribution in [3.8, 4) is 5.75 Å². The van der Waals surface area contributed by atoms with Crippen molar-refractivity contribution in [3.05, 3.63) is 36.3 Å². The molecule has 9 nitrogen and oxygen atoms in total. The van der Waals surface area contributed by atoms with Crippen LogP contribution in [0.25, 0.3) is 11.2 Å². The zero-order valence-electron chi connectivity index (χ0n) is 17.7. The number of hydrogen-bond donors (Lipinski definition) is 2. The van der Waals surface area contributed by atoms with Crippen molar-refractivity contribution < 1.29 is 27.4 Å². The van der Waals surface area contributed by atoms with E-state index in [4.69, 9.17) is 4.74 Å². The topological polar surface area (TPSA) is 103 Å². The van der Waals surface area contributed by atoms with Crippen LogP contribution in [0, 0.1) is 0 Å². The fraction of sp³-hybridized carbons (Fsp3) is 0.400. The van der Waals surface area contributed by atoms with E-state index in [1.165, 1.54) is 25.4 Å². The largest absolute Gasteiger partial charge is 0.573 e. The molecule has 0 bridgehead atoms. The summed E-state index contributed by atoms with van der Waals surface area (Å²) in [4.78, 5) is 24.9. The Morgan fingerprint density at radius 2 is 2.03 bits per heavy atom. The van der Waals surface area contributed by atoms with Gasteiger partial charge in [-0.2, -0.15) is 4.98 Å². The number of fused-ring (bicyclic) bond motifs is 1. The van der Waals surface area contributed by atoms with Gasteiger partial charge >= 0.3 is 6.36 Å². The maximum atomic E-state index is 13.0. The molecule has 172 valence electrons. The molecule has 1 amide bonds. The van der Waals surface area contributed by atoms with Gasteiger partial charge in [0, 0.05) is 31.9 Å². The molecule has 0 fully saturated rings. The number of benzene rings is 1. The molecular formula is C20H23F3N6O3. The molecule has 0 aliphatic heterocycles. The van der Waals surface area contributed by atoms with Crippen LogP contribution >= 0.6 is 0 Å². The Kier molecular flexibility index (Phi) is 7.13. The highest BCUT2D eigenvalue weighted by Gasteiger charge is 2.32. The van der Waals surface area contributed by atoms with Gasteiger partial charge in [-0.3, -0.25) is 4.79 Å². The third-order valence-corrected chi connectivity index (χ3v) is 4.40. The van der Waals surface area contributed by atoms with Crippen LogP contribution in [0.1, 0.15) is 36.7 Å². The average Bonchev–Trinajstić information content (AvgIpc) is 3.15. The van der Waals surface area contributed by atoms with E-state index in [1.807, 2.05) is 18.4 Å². The van der Waals surface area contributed by atoms with Crippen LogP contribution in [0.15, 0.2) is 30.7 Å². The number of rotatable bonds is 9. The van der Waals surface area contributed by atoms with Crippen molar-refractivity contribution in [2.45, 2.75) is 32.7 Å². The lowest BCUT2D eigenvalue weighted by molar-refractivity contribution is -0.274. The summed E-state index contributed by atoms with van der Waals surface area (Å²) in [7, 11) is 1.53. The Hall–Kier alpha value is -3.41. The summed E-state index contributed by atoms with van der Waals surface area (Å²) in [5, 5.41) is 5.35. The maximum Gasteiger partial charge on any atom is 0.573 e. The van der Waals surface area contributed by atoms with E-state index >= 15 is 0 Å². The van der Waals surface area contributed by atoms with Gasteiger partial charge in [-0.25, -0.2) is 9.97 Å². The summed E-state index contributed by atoms with van der Waals surface area (Å²) in [6.07, 6.45) is -1.30. The summed E-state index contributed by atoms with van der Waals surface area (Å²) in [6, 6.07) is 3.78. The number of anilines is 2. The first-order valence-electron chi connectivity index (χ1n) is 9.81. The molecule has 3 aromatic rings. The number of ether oxygens (including phenoxy) is 2. The minimum atomic E-state index is -4.95. The first-order chi connectivity index (χ1) is 15.2. The van der Waals surface area contributed by atoms with Gasteiger partial charge in [-0.15, -0.1) is 13.2 Å². The molecule has 0 spiro atoms. The fourth-order valence-corrected chi connectivity index (χ4v) is 2.88. The van der Waals surface area contributed by atoms with Gasteiger partial charge in [0.15, 0.2) is 11.4 Å².